The second kappa shape index (κ2) is 7.58. The molecule has 9 heteroatoms. The van der Waals surface area contributed by atoms with E-state index in [4.69, 9.17) is 14.6 Å². The van der Waals surface area contributed by atoms with Crippen molar-refractivity contribution in [2.24, 2.45) is 16.7 Å². The molecule has 0 bridgehead atoms. The Bertz CT molecular complexity index is 811. The Balaban J connectivity index is 2.27. The van der Waals surface area contributed by atoms with Gasteiger partial charge in [-0.25, -0.2) is 4.79 Å². The lowest BCUT2D eigenvalue weighted by Gasteiger charge is -2.71. The third kappa shape index (κ3) is 3.05. The fraction of sp³-hybridized carbons (Fsp3) is 0.826. The van der Waals surface area contributed by atoms with Crippen molar-refractivity contribution in [3.63, 3.8) is 0 Å². The highest BCUT2D eigenvalue weighted by Crippen LogP contribution is 2.67. The molecular formula is C23H36O9. The van der Waals surface area contributed by atoms with Crippen LogP contribution in [0.2, 0.25) is 0 Å². The van der Waals surface area contributed by atoms with Crippen LogP contribution in [0.5, 0.6) is 0 Å². The van der Waals surface area contributed by atoms with Crippen molar-refractivity contribution in [3.8, 4) is 0 Å². The molecule has 3 fully saturated rings. The largest absolute Gasteiger partial charge is 0.457 e. The molecule has 0 amide bonds. The lowest BCUT2D eigenvalue weighted by atomic mass is 9.40. The predicted octanol–water partition coefficient (Wildman–Crippen LogP) is -0.147. The molecule has 0 radical (unpaired) electrons. The average Bonchev–Trinajstić information content (AvgIpc) is 2.71. The first kappa shape index (κ1) is 25.3. The summed E-state index contributed by atoms with van der Waals surface area (Å²) >= 11 is 0. The van der Waals surface area contributed by atoms with Gasteiger partial charge in [0, 0.05) is 17.8 Å². The highest BCUT2D eigenvalue weighted by atomic mass is 16.6. The minimum atomic E-state index is -2.30. The van der Waals surface area contributed by atoms with E-state index in [0.717, 1.165) is 0 Å². The second-order valence-electron chi connectivity index (χ2n) is 10.9. The van der Waals surface area contributed by atoms with Gasteiger partial charge < -0.3 is 35.0 Å². The number of Topliss-reactive ketones (excluding diaryl/α,β-unsaturated/α-hetero) is 1. The molecule has 1 unspecified atom stereocenters. The monoisotopic (exact) mass is 456 g/mol. The summed E-state index contributed by atoms with van der Waals surface area (Å²) in [6.45, 7) is 11.1. The summed E-state index contributed by atoms with van der Waals surface area (Å²) in [5, 5.41) is 53.8. The highest BCUT2D eigenvalue weighted by Gasteiger charge is 2.81. The van der Waals surface area contributed by atoms with Crippen LogP contribution in [0.1, 0.15) is 53.9 Å². The van der Waals surface area contributed by atoms with Crippen LogP contribution in [0.25, 0.3) is 0 Å². The first-order valence-corrected chi connectivity index (χ1v) is 11.0. The maximum absolute atomic E-state index is 13.6. The van der Waals surface area contributed by atoms with Crippen LogP contribution in [-0.2, 0) is 19.1 Å². The molecule has 1 saturated heterocycles. The van der Waals surface area contributed by atoms with Crippen molar-refractivity contribution in [1.29, 1.82) is 0 Å². The van der Waals surface area contributed by atoms with Gasteiger partial charge in [0.15, 0.2) is 17.5 Å². The molecule has 2 saturated carbocycles. The van der Waals surface area contributed by atoms with Gasteiger partial charge in [-0.1, -0.05) is 26.8 Å². The van der Waals surface area contributed by atoms with E-state index in [9.17, 15) is 30.0 Å². The van der Waals surface area contributed by atoms with Crippen LogP contribution in [0.4, 0.5) is 0 Å². The van der Waals surface area contributed by atoms with Crippen molar-refractivity contribution >= 4 is 11.8 Å². The SMILES string of the molecule is C=C[C@@]1(C)CC(=O)[C@]2(O)[C@@]3(C)[C@@H](O)CCC(C)(C)[C@@H]3[C@H](OC(=O)C(O)CO)[C@H](O)[C@@]2(C)O1. The lowest BCUT2D eigenvalue weighted by molar-refractivity contribution is -0.370. The summed E-state index contributed by atoms with van der Waals surface area (Å²) in [6, 6.07) is 0. The fourth-order valence-electron chi connectivity index (χ4n) is 6.69. The minimum absolute atomic E-state index is 0.210. The van der Waals surface area contributed by atoms with Gasteiger partial charge in [-0.2, -0.15) is 0 Å². The van der Waals surface area contributed by atoms with Gasteiger partial charge in [0.2, 0.25) is 0 Å². The molecule has 5 N–H and O–H groups in total. The number of aliphatic hydroxyl groups excluding tert-OH is 4. The van der Waals surface area contributed by atoms with Crippen LogP contribution < -0.4 is 0 Å². The molecule has 0 spiro atoms. The van der Waals surface area contributed by atoms with Gasteiger partial charge >= 0.3 is 5.97 Å². The van der Waals surface area contributed by atoms with E-state index < -0.39 is 76.3 Å². The van der Waals surface area contributed by atoms with Crippen molar-refractivity contribution in [2.45, 2.75) is 95.1 Å². The first-order valence-electron chi connectivity index (χ1n) is 11.0. The molecule has 9 atom stereocenters. The van der Waals surface area contributed by atoms with Crippen molar-refractivity contribution in [1.82, 2.24) is 0 Å². The molecule has 182 valence electrons. The molecule has 0 aromatic carbocycles. The lowest BCUT2D eigenvalue weighted by Crippen LogP contribution is -2.86. The molecule has 3 rings (SSSR count). The van der Waals surface area contributed by atoms with E-state index in [1.165, 1.54) is 13.0 Å². The Morgan fingerprint density at radius 3 is 2.41 bits per heavy atom. The molecule has 32 heavy (non-hydrogen) atoms. The number of hydrogen-bond donors (Lipinski definition) is 5. The summed E-state index contributed by atoms with van der Waals surface area (Å²) in [7, 11) is 0. The van der Waals surface area contributed by atoms with E-state index in [2.05, 4.69) is 6.58 Å². The van der Waals surface area contributed by atoms with Gasteiger partial charge in [-0.3, -0.25) is 4.79 Å². The zero-order chi connectivity index (χ0) is 24.5. The molecule has 0 aromatic rings. The molecule has 1 heterocycles. The van der Waals surface area contributed by atoms with Crippen LogP contribution >= 0.6 is 0 Å². The maximum Gasteiger partial charge on any atom is 0.337 e. The number of aliphatic hydroxyl groups is 5. The number of ether oxygens (including phenoxy) is 2. The van der Waals surface area contributed by atoms with Gasteiger partial charge in [-0.05, 0) is 32.1 Å². The Hall–Kier alpha value is -1.36. The van der Waals surface area contributed by atoms with Gasteiger partial charge in [-0.15, -0.1) is 6.58 Å². The van der Waals surface area contributed by atoms with Gasteiger partial charge in [0.1, 0.15) is 17.8 Å². The zero-order valence-electron chi connectivity index (χ0n) is 19.4. The number of carbonyl (C=O) groups is 2. The average molecular weight is 457 g/mol. The summed E-state index contributed by atoms with van der Waals surface area (Å²) in [4.78, 5) is 26.1. The maximum atomic E-state index is 13.6. The number of fused-ring (bicyclic) bond motifs is 3. The number of carbonyl (C=O) groups excluding carboxylic acids is 2. The van der Waals surface area contributed by atoms with Crippen LogP contribution in [-0.4, -0.2) is 85.1 Å². The predicted molar refractivity (Wildman–Crippen MR) is 112 cm³/mol. The summed E-state index contributed by atoms with van der Waals surface area (Å²) in [5.74, 6) is -2.63. The third-order valence-electron chi connectivity index (χ3n) is 8.43. The Kier molecular flexibility index (Phi) is 5.98. The number of ketones is 1. The summed E-state index contributed by atoms with van der Waals surface area (Å²) in [5.41, 5.74) is -7.73. The van der Waals surface area contributed by atoms with E-state index in [0.29, 0.717) is 6.42 Å². The second-order valence-corrected chi connectivity index (χ2v) is 10.9. The van der Waals surface area contributed by atoms with E-state index in [1.54, 1.807) is 13.8 Å². The molecule has 3 aliphatic rings. The van der Waals surface area contributed by atoms with Gasteiger partial charge in [0.05, 0.1) is 18.3 Å². The third-order valence-corrected chi connectivity index (χ3v) is 8.43. The topological polar surface area (TPSA) is 154 Å². The smallest absolute Gasteiger partial charge is 0.337 e. The molecular weight excluding hydrogens is 420 g/mol. The van der Waals surface area contributed by atoms with E-state index in [1.807, 2.05) is 13.8 Å². The quantitative estimate of drug-likeness (QED) is 0.287. The first-order chi connectivity index (χ1) is 14.6. The highest BCUT2D eigenvalue weighted by molar-refractivity contribution is 5.92. The zero-order valence-corrected chi connectivity index (χ0v) is 19.4. The molecule has 9 nitrogen and oxygen atoms in total. The number of hydrogen-bond acceptors (Lipinski definition) is 9. The van der Waals surface area contributed by atoms with Crippen molar-refractivity contribution < 1.29 is 44.6 Å². The van der Waals surface area contributed by atoms with Crippen LogP contribution in [0.15, 0.2) is 12.7 Å². The van der Waals surface area contributed by atoms with E-state index >= 15 is 0 Å². The Morgan fingerprint density at radius 2 is 1.88 bits per heavy atom. The summed E-state index contributed by atoms with van der Waals surface area (Å²) < 4.78 is 11.7. The molecule has 1 aliphatic heterocycles. The standard InChI is InChI=1S/C23H36O9/c1-7-20(4)10-14(27)23(30)21(5)13(26)8-9-19(2,3)16(21)15(17(28)22(23,6)32-20)31-18(29)12(25)11-24/h7,12-13,15-17,24-26,28,30H,1,8-11H2,2-6H3/t12?,13-,15-,16-,17-,20-,21-,22+,23-/m0/s1. The molecule has 2 aliphatic carbocycles. The van der Waals surface area contributed by atoms with Gasteiger partial charge in [0.25, 0.3) is 0 Å². The van der Waals surface area contributed by atoms with E-state index in [-0.39, 0.29) is 12.8 Å². The van der Waals surface area contributed by atoms with Crippen LogP contribution in [0, 0.1) is 16.7 Å². The van der Waals surface area contributed by atoms with Crippen molar-refractivity contribution in [2.75, 3.05) is 6.61 Å². The van der Waals surface area contributed by atoms with Crippen molar-refractivity contribution in [3.05, 3.63) is 12.7 Å². The Morgan fingerprint density at radius 1 is 1.28 bits per heavy atom. The minimum Gasteiger partial charge on any atom is -0.457 e. The molecule has 0 aromatic heterocycles. The van der Waals surface area contributed by atoms with Crippen LogP contribution in [0.3, 0.4) is 0 Å². The normalized spacial score (nSPS) is 48.9. The summed E-state index contributed by atoms with van der Waals surface area (Å²) in [6.07, 6.45) is -4.07. The Labute approximate surface area is 188 Å². The fourth-order valence-corrected chi connectivity index (χ4v) is 6.69. The number of esters is 1. The number of rotatable bonds is 4.